The molecule has 0 aliphatic heterocycles. The summed E-state index contributed by atoms with van der Waals surface area (Å²) in [5, 5.41) is 13.9. The summed E-state index contributed by atoms with van der Waals surface area (Å²) in [4.78, 5) is 26.5. The minimum absolute atomic E-state index is 0.0766. The Balaban J connectivity index is 1.77. The van der Waals surface area contributed by atoms with Gasteiger partial charge < -0.3 is 10.1 Å². The standard InChI is InChI=1S/C17H13N3O3/c21-14-7-5-11(6-8-14)17(23)20-18-10-13-9-12-3-1-2-4-15(12)19-16(13)22/h1-10,21H,(H,19,22)(H,20,23). The summed E-state index contributed by atoms with van der Waals surface area (Å²) in [6.45, 7) is 0. The third kappa shape index (κ3) is 3.26. The first-order valence-corrected chi connectivity index (χ1v) is 6.88. The molecule has 3 aromatic rings. The molecule has 3 rings (SSSR count). The van der Waals surface area contributed by atoms with Crippen LogP contribution in [-0.4, -0.2) is 22.2 Å². The van der Waals surface area contributed by atoms with Crippen LogP contribution in [0.2, 0.25) is 0 Å². The average molecular weight is 307 g/mol. The number of H-pyrrole nitrogens is 1. The second-order valence-electron chi connectivity index (χ2n) is 4.89. The third-order valence-corrected chi connectivity index (χ3v) is 3.28. The number of benzene rings is 2. The smallest absolute Gasteiger partial charge is 0.271 e. The van der Waals surface area contributed by atoms with Crippen molar-refractivity contribution < 1.29 is 9.90 Å². The molecule has 0 aliphatic rings. The number of aromatic amines is 1. The Labute approximate surface area is 131 Å². The number of phenols is 1. The molecular formula is C17H13N3O3. The van der Waals surface area contributed by atoms with E-state index in [1.165, 1.54) is 30.5 Å². The average Bonchev–Trinajstić information content (AvgIpc) is 2.56. The lowest BCUT2D eigenvalue weighted by molar-refractivity contribution is 0.0955. The fourth-order valence-corrected chi connectivity index (χ4v) is 2.10. The predicted octanol–water partition coefficient (Wildman–Crippen LogP) is 2.00. The number of aromatic nitrogens is 1. The highest BCUT2D eigenvalue weighted by molar-refractivity contribution is 5.95. The maximum absolute atomic E-state index is 11.9. The van der Waals surface area contributed by atoms with E-state index in [4.69, 9.17) is 0 Å². The topological polar surface area (TPSA) is 94.5 Å². The second kappa shape index (κ2) is 6.15. The van der Waals surface area contributed by atoms with Crippen LogP contribution in [-0.2, 0) is 0 Å². The van der Waals surface area contributed by atoms with E-state index in [0.717, 1.165) is 10.9 Å². The summed E-state index contributed by atoms with van der Waals surface area (Å²) < 4.78 is 0. The van der Waals surface area contributed by atoms with Crippen molar-refractivity contribution in [2.75, 3.05) is 0 Å². The van der Waals surface area contributed by atoms with Crippen LogP contribution in [0.3, 0.4) is 0 Å². The molecular weight excluding hydrogens is 294 g/mol. The number of amides is 1. The molecule has 2 aromatic carbocycles. The quantitative estimate of drug-likeness (QED) is 0.510. The number of phenolic OH excluding ortho intramolecular Hbond substituents is 1. The predicted molar refractivity (Wildman–Crippen MR) is 87.7 cm³/mol. The van der Waals surface area contributed by atoms with Crippen molar-refractivity contribution in [3.8, 4) is 5.75 Å². The van der Waals surface area contributed by atoms with Gasteiger partial charge in [0, 0.05) is 11.1 Å². The third-order valence-electron chi connectivity index (χ3n) is 3.28. The minimum atomic E-state index is -0.432. The first-order chi connectivity index (χ1) is 11.1. The monoisotopic (exact) mass is 307 g/mol. The van der Waals surface area contributed by atoms with Crippen molar-refractivity contribution in [3.05, 3.63) is 76.1 Å². The molecule has 1 amide bonds. The van der Waals surface area contributed by atoms with E-state index in [1.807, 2.05) is 24.3 Å². The van der Waals surface area contributed by atoms with Gasteiger partial charge in [-0.25, -0.2) is 5.43 Å². The number of pyridine rings is 1. The largest absolute Gasteiger partial charge is 0.508 e. The van der Waals surface area contributed by atoms with E-state index >= 15 is 0 Å². The van der Waals surface area contributed by atoms with E-state index in [-0.39, 0.29) is 11.3 Å². The van der Waals surface area contributed by atoms with Crippen LogP contribution in [0.15, 0.2) is 64.5 Å². The number of hydrogen-bond acceptors (Lipinski definition) is 4. The number of hydrazone groups is 1. The second-order valence-corrected chi connectivity index (χ2v) is 4.89. The van der Waals surface area contributed by atoms with Crippen LogP contribution in [0.5, 0.6) is 5.75 Å². The lowest BCUT2D eigenvalue weighted by Gasteiger charge is -2.01. The zero-order valence-corrected chi connectivity index (χ0v) is 12.0. The van der Waals surface area contributed by atoms with Crippen LogP contribution < -0.4 is 11.0 Å². The van der Waals surface area contributed by atoms with E-state index in [2.05, 4.69) is 15.5 Å². The molecule has 6 nitrogen and oxygen atoms in total. The zero-order chi connectivity index (χ0) is 16.2. The maximum atomic E-state index is 11.9. The number of nitrogens with zero attached hydrogens (tertiary/aromatic N) is 1. The highest BCUT2D eigenvalue weighted by Crippen LogP contribution is 2.10. The molecule has 0 saturated heterocycles. The highest BCUT2D eigenvalue weighted by Gasteiger charge is 2.04. The fourth-order valence-electron chi connectivity index (χ4n) is 2.10. The van der Waals surface area contributed by atoms with Gasteiger partial charge in [0.1, 0.15) is 5.75 Å². The minimum Gasteiger partial charge on any atom is -0.508 e. The van der Waals surface area contributed by atoms with E-state index in [9.17, 15) is 14.7 Å². The molecule has 3 N–H and O–H groups in total. The molecule has 114 valence electrons. The van der Waals surface area contributed by atoms with Crippen LogP contribution in [0.1, 0.15) is 15.9 Å². The van der Waals surface area contributed by atoms with Gasteiger partial charge in [0.05, 0.1) is 11.8 Å². The Hall–Kier alpha value is -3.41. The van der Waals surface area contributed by atoms with Gasteiger partial charge in [-0.15, -0.1) is 0 Å². The van der Waals surface area contributed by atoms with Crippen molar-refractivity contribution in [2.45, 2.75) is 0 Å². The van der Waals surface area contributed by atoms with Gasteiger partial charge in [0.15, 0.2) is 0 Å². The van der Waals surface area contributed by atoms with Gasteiger partial charge >= 0.3 is 0 Å². The Morgan fingerprint density at radius 1 is 1.13 bits per heavy atom. The SMILES string of the molecule is O=C(NN=Cc1cc2ccccc2[nH]c1=O)c1ccc(O)cc1. The van der Waals surface area contributed by atoms with Crippen molar-refractivity contribution in [1.29, 1.82) is 0 Å². The highest BCUT2D eigenvalue weighted by atomic mass is 16.3. The van der Waals surface area contributed by atoms with Gasteiger partial charge in [-0.05, 0) is 41.8 Å². The van der Waals surface area contributed by atoms with Crippen LogP contribution in [0, 0.1) is 0 Å². The Morgan fingerprint density at radius 2 is 1.87 bits per heavy atom. The van der Waals surface area contributed by atoms with Crippen molar-refractivity contribution in [1.82, 2.24) is 10.4 Å². The van der Waals surface area contributed by atoms with E-state index < -0.39 is 5.91 Å². The summed E-state index contributed by atoms with van der Waals surface area (Å²) in [6.07, 6.45) is 1.30. The molecule has 1 aromatic heterocycles. The summed E-state index contributed by atoms with van der Waals surface area (Å²) in [5.41, 5.74) is 3.49. The van der Waals surface area contributed by atoms with Crippen LogP contribution in [0.25, 0.3) is 10.9 Å². The number of carbonyl (C=O) groups is 1. The lowest BCUT2D eigenvalue weighted by atomic mass is 10.2. The summed E-state index contributed by atoms with van der Waals surface area (Å²) in [7, 11) is 0. The van der Waals surface area contributed by atoms with Crippen LogP contribution in [0.4, 0.5) is 0 Å². The zero-order valence-electron chi connectivity index (χ0n) is 12.0. The number of carbonyl (C=O) groups excluding carboxylic acids is 1. The molecule has 23 heavy (non-hydrogen) atoms. The van der Waals surface area contributed by atoms with E-state index in [0.29, 0.717) is 11.1 Å². The number of nitrogens with one attached hydrogen (secondary N) is 2. The van der Waals surface area contributed by atoms with Crippen molar-refractivity contribution in [2.24, 2.45) is 5.10 Å². The summed E-state index contributed by atoms with van der Waals surface area (Å²) in [5.74, 6) is -0.355. The molecule has 0 unspecified atom stereocenters. The fraction of sp³-hybridized carbons (Fsp3) is 0. The van der Waals surface area contributed by atoms with Gasteiger partial charge in [-0.3, -0.25) is 9.59 Å². The first-order valence-electron chi connectivity index (χ1n) is 6.88. The number of aromatic hydroxyl groups is 1. The molecule has 0 bridgehead atoms. The van der Waals surface area contributed by atoms with Gasteiger partial charge in [-0.1, -0.05) is 18.2 Å². The molecule has 0 fully saturated rings. The maximum Gasteiger partial charge on any atom is 0.271 e. The Morgan fingerprint density at radius 3 is 2.65 bits per heavy atom. The molecule has 0 aliphatic carbocycles. The normalized spacial score (nSPS) is 11.0. The number of para-hydroxylation sites is 1. The summed E-state index contributed by atoms with van der Waals surface area (Å²) in [6, 6.07) is 14.9. The molecule has 0 radical (unpaired) electrons. The van der Waals surface area contributed by atoms with Crippen LogP contribution >= 0.6 is 0 Å². The van der Waals surface area contributed by atoms with Gasteiger partial charge in [0.2, 0.25) is 0 Å². The summed E-state index contributed by atoms with van der Waals surface area (Å²) >= 11 is 0. The number of fused-ring (bicyclic) bond motifs is 1. The van der Waals surface area contributed by atoms with Crippen molar-refractivity contribution in [3.63, 3.8) is 0 Å². The molecule has 0 atom stereocenters. The molecule has 6 heteroatoms. The van der Waals surface area contributed by atoms with Gasteiger partial charge in [0.25, 0.3) is 11.5 Å². The van der Waals surface area contributed by atoms with Crippen molar-refractivity contribution >= 4 is 23.0 Å². The van der Waals surface area contributed by atoms with Gasteiger partial charge in [-0.2, -0.15) is 5.10 Å². The molecule has 1 heterocycles. The Bertz CT molecular complexity index is 943. The first kappa shape index (κ1) is 14.5. The van der Waals surface area contributed by atoms with E-state index in [1.54, 1.807) is 6.07 Å². The number of hydrogen-bond donors (Lipinski definition) is 3. The molecule has 0 spiro atoms. The molecule has 0 saturated carbocycles. The Kier molecular flexibility index (Phi) is 3.88. The lowest BCUT2D eigenvalue weighted by Crippen LogP contribution is -2.19. The number of rotatable bonds is 3.